The summed E-state index contributed by atoms with van der Waals surface area (Å²) in [6.45, 7) is 5.48. The number of fused-ring (bicyclic) bond motifs is 2. The first-order valence-corrected chi connectivity index (χ1v) is 15.8. The molecule has 3 amide bonds. The standard InChI is InChI=1S/C35H41N3O6/c1-3-5-19-36-20-10-18-35-30(33(41)38(31(35)34(36)42)26(23-39)22-24-11-7-6-8-12-24)29-28(44-35)13-9-21-37(32(29)40)25-14-16-27(17-15-25)43-4-2/h6-18,26,28-31,39H,3-5,19-23H2,1-2H3/t26-,28-,29+,30+,31?,35+/m1/s1. The van der Waals surface area contributed by atoms with Crippen molar-refractivity contribution in [3.63, 3.8) is 0 Å². The van der Waals surface area contributed by atoms with E-state index in [4.69, 9.17) is 9.47 Å². The van der Waals surface area contributed by atoms with Gasteiger partial charge in [-0.3, -0.25) is 14.4 Å². The lowest BCUT2D eigenvalue weighted by atomic mass is 9.77. The topological polar surface area (TPSA) is 99.6 Å². The van der Waals surface area contributed by atoms with Gasteiger partial charge in [-0.15, -0.1) is 0 Å². The summed E-state index contributed by atoms with van der Waals surface area (Å²) in [6.07, 6.45) is 8.98. The van der Waals surface area contributed by atoms with Crippen LogP contribution in [0.25, 0.3) is 0 Å². The number of unbranched alkanes of at least 4 members (excludes halogenated alkanes) is 1. The van der Waals surface area contributed by atoms with E-state index >= 15 is 0 Å². The van der Waals surface area contributed by atoms with Crippen molar-refractivity contribution in [1.82, 2.24) is 9.80 Å². The first-order chi connectivity index (χ1) is 21.4. The maximum Gasteiger partial charge on any atom is 0.249 e. The van der Waals surface area contributed by atoms with Crippen LogP contribution in [0.3, 0.4) is 0 Å². The van der Waals surface area contributed by atoms with Crippen molar-refractivity contribution >= 4 is 23.4 Å². The van der Waals surface area contributed by atoms with Crippen LogP contribution in [0, 0.1) is 11.8 Å². The first-order valence-electron chi connectivity index (χ1n) is 15.8. The summed E-state index contributed by atoms with van der Waals surface area (Å²) in [7, 11) is 0. The molecule has 4 heterocycles. The highest BCUT2D eigenvalue weighted by Gasteiger charge is 2.72. The third-order valence-electron chi connectivity index (χ3n) is 9.34. The Morgan fingerprint density at radius 3 is 2.45 bits per heavy atom. The van der Waals surface area contributed by atoms with E-state index < -0.39 is 35.6 Å². The first kappa shape index (κ1) is 30.1. The minimum absolute atomic E-state index is 0.206. The molecule has 1 unspecified atom stereocenters. The predicted molar refractivity (Wildman–Crippen MR) is 166 cm³/mol. The molecule has 1 N–H and O–H groups in total. The van der Waals surface area contributed by atoms with Gasteiger partial charge in [0.1, 0.15) is 17.4 Å². The summed E-state index contributed by atoms with van der Waals surface area (Å²) in [5.41, 5.74) is 0.300. The Kier molecular flexibility index (Phi) is 8.60. The molecule has 4 aliphatic heterocycles. The second kappa shape index (κ2) is 12.6. The molecule has 4 aliphatic rings. The highest BCUT2D eigenvalue weighted by molar-refractivity contribution is 6.04. The fourth-order valence-electron chi connectivity index (χ4n) is 7.32. The van der Waals surface area contributed by atoms with E-state index in [1.165, 1.54) is 0 Å². The molecule has 9 heteroatoms. The van der Waals surface area contributed by atoms with Gasteiger partial charge in [0.05, 0.1) is 37.2 Å². The number of aliphatic hydroxyl groups excluding tert-OH is 1. The Morgan fingerprint density at radius 2 is 1.75 bits per heavy atom. The highest BCUT2D eigenvalue weighted by Crippen LogP contribution is 2.54. The maximum absolute atomic E-state index is 14.7. The molecule has 9 nitrogen and oxygen atoms in total. The molecule has 0 radical (unpaired) electrons. The van der Waals surface area contributed by atoms with Crippen LogP contribution in [0.15, 0.2) is 78.9 Å². The van der Waals surface area contributed by atoms with Crippen LogP contribution >= 0.6 is 0 Å². The summed E-state index contributed by atoms with van der Waals surface area (Å²) < 4.78 is 12.4. The summed E-state index contributed by atoms with van der Waals surface area (Å²) in [6, 6.07) is 15.3. The normalized spacial score (nSPS) is 28.4. The fraction of sp³-hybridized carbons (Fsp3) is 0.457. The molecule has 232 valence electrons. The Hall–Kier alpha value is -3.95. The lowest BCUT2D eigenvalue weighted by Crippen LogP contribution is -2.58. The number of hydrogen-bond acceptors (Lipinski definition) is 6. The summed E-state index contributed by atoms with van der Waals surface area (Å²) >= 11 is 0. The lowest BCUT2D eigenvalue weighted by Gasteiger charge is -2.38. The van der Waals surface area contributed by atoms with Gasteiger partial charge < -0.3 is 29.3 Å². The van der Waals surface area contributed by atoms with E-state index in [0.717, 1.165) is 18.4 Å². The summed E-state index contributed by atoms with van der Waals surface area (Å²) in [5, 5.41) is 10.7. The van der Waals surface area contributed by atoms with Crippen LogP contribution in [0.1, 0.15) is 32.3 Å². The molecule has 2 fully saturated rings. The zero-order valence-corrected chi connectivity index (χ0v) is 25.4. The lowest BCUT2D eigenvalue weighted by molar-refractivity contribution is -0.150. The van der Waals surface area contributed by atoms with Crippen LogP contribution in [0.5, 0.6) is 5.75 Å². The molecule has 0 aliphatic carbocycles. The van der Waals surface area contributed by atoms with Crippen molar-refractivity contribution in [3.8, 4) is 5.75 Å². The Labute approximate surface area is 258 Å². The largest absolute Gasteiger partial charge is 0.494 e. The third-order valence-corrected chi connectivity index (χ3v) is 9.34. The van der Waals surface area contributed by atoms with Crippen molar-refractivity contribution in [2.75, 3.05) is 37.7 Å². The summed E-state index contributed by atoms with van der Waals surface area (Å²) in [4.78, 5) is 48.6. The molecular weight excluding hydrogens is 558 g/mol. The van der Waals surface area contributed by atoms with Gasteiger partial charge in [-0.2, -0.15) is 0 Å². The van der Waals surface area contributed by atoms with E-state index in [9.17, 15) is 19.5 Å². The van der Waals surface area contributed by atoms with Gasteiger partial charge in [0.25, 0.3) is 0 Å². The van der Waals surface area contributed by atoms with Gasteiger partial charge >= 0.3 is 0 Å². The van der Waals surface area contributed by atoms with E-state index in [-0.39, 0.29) is 24.3 Å². The van der Waals surface area contributed by atoms with E-state index in [1.54, 1.807) is 14.7 Å². The average molecular weight is 600 g/mol. The van der Waals surface area contributed by atoms with Crippen molar-refractivity contribution in [2.45, 2.75) is 56.9 Å². The molecule has 1 spiro atoms. The Bertz CT molecular complexity index is 1430. The van der Waals surface area contributed by atoms with E-state index in [2.05, 4.69) is 6.92 Å². The SMILES string of the molecule is CCCCN1CC=C[C@]23O[C@@H]4C=CCN(c5ccc(OCC)cc5)C(=O)[C@@H]4[C@H]2C(=O)N([C@@H](CO)Cc2ccccc2)C3C1=O. The van der Waals surface area contributed by atoms with Crippen molar-refractivity contribution < 1.29 is 29.0 Å². The predicted octanol–water partition coefficient (Wildman–Crippen LogP) is 3.37. The summed E-state index contributed by atoms with van der Waals surface area (Å²) in [5.74, 6) is -1.81. The number of likely N-dealkylation sites (tertiary alicyclic amines) is 1. The second-order valence-electron chi connectivity index (χ2n) is 12.0. The number of carbonyl (C=O) groups excluding carboxylic acids is 3. The van der Waals surface area contributed by atoms with Crippen LogP contribution in [-0.4, -0.2) is 89.3 Å². The number of ether oxygens (including phenoxy) is 2. The van der Waals surface area contributed by atoms with Crippen LogP contribution in [0.2, 0.25) is 0 Å². The van der Waals surface area contributed by atoms with Gasteiger partial charge in [-0.05, 0) is 49.6 Å². The van der Waals surface area contributed by atoms with Gasteiger partial charge in [0.2, 0.25) is 17.7 Å². The minimum atomic E-state index is -1.34. The van der Waals surface area contributed by atoms with Gasteiger partial charge in [0.15, 0.2) is 0 Å². The molecule has 2 aromatic carbocycles. The second-order valence-corrected chi connectivity index (χ2v) is 12.0. The Balaban J connectivity index is 1.41. The molecule has 0 aromatic heterocycles. The minimum Gasteiger partial charge on any atom is -0.494 e. The van der Waals surface area contributed by atoms with Gasteiger partial charge in [0, 0.05) is 25.3 Å². The number of aliphatic hydroxyl groups is 1. The number of nitrogens with zero attached hydrogens (tertiary/aromatic N) is 3. The van der Waals surface area contributed by atoms with E-state index in [0.29, 0.717) is 44.1 Å². The number of amides is 3. The van der Waals surface area contributed by atoms with Crippen LogP contribution in [-0.2, 0) is 25.5 Å². The zero-order valence-electron chi connectivity index (χ0n) is 25.4. The van der Waals surface area contributed by atoms with E-state index in [1.807, 2.05) is 85.8 Å². The highest BCUT2D eigenvalue weighted by atomic mass is 16.5. The van der Waals surface area contributed by atoms with Crippen molar-refractivity contribution in [2.24, 2.45) is 11.8 Å². The van der Waals surface area contributed by atoms with Gasteiger partial charge in [-0.25, -0.2) is 0 Å². The molecule has 44 heavy (non-hydrogen) atoms. The fourth-order valence-corrected chi connectivity index (χ4v) is 7.32. The van der Waals surface area contributed by atoms with Crippen LogP contribution in [0.4, 0.5) is 5.69 Å². The maximum atomic E-state index is 14.7. The van der Waals surface area contributed by atoms with Crippen molar-refractivity contribution in [3.05, 3.63) is 84.5 Å². The molecule has 0 bridgehead atoms. The quantitative estimate of drug-likeness (QED) is 0.421. The zero-order chi connectivity index (χ0) is 30.8. The molecule has 6 rings (SSSR count). The number of benzene rings is 2. The number of carbonyl (C=O) groups is 3. The number of hydrogen-bond donors (Lipinski definition) is 1. The van der Waals surface area contributed by atoms with Crippen LogP contribution < -0.4 is 9.64 Å². The monoisotopic (exact) mass is 599 g/mol. The number of rotatable bonds is 10. The number of anilines is 1. The van der Waals surface area contributed by atoms with Gasteiger partial charge in [-0.1, -0.05) is 68.0 Å². The average Bonchev–Trinajstić information content (AvgIpc) is 3.36. The molecule has 6 atom stereocenters. The molecule has 0 saturated carbocycles. The molecule has 2 aromatic rings. The molecular formula is C35H41N3O6. The Morgan fingerprint density at radius 1 is 0.977 bits per heavy atom. The third kappa shape index (κ3) is 5.12. The van der Waals surface area contributed by atoms with Crippen molar-refractivity contribution in [1.29, 1.82) is 0 Å². The molecule has 2 saturated heterocycles. The smallest absolute Gasteiger partial charge is 0.249 e.